The van der Waals surface area contributed by atoms with Crippen LogP contribution in [0.2, 0.25) is 0 Å². The molecule has 0 aliphatic carbocycles. The molecule has 0 saturated heterocycles. The summed E-state index contributed by atoms with van der Waals surface area (Å²) in [5.74, 6) is -0.310. The lowest BCUT2D eigenvalue weighted by Gasteiger charge is -2.22. The summed E-state index contributed by atoms with van der Waals surface area (Å²) < 4.78 is 15.2. The highest BCUT2D eigenvalue weighted by molar-refractivity contribution is 5.70. The summed E-state index contributed by atoms with van der Waals surface area (Å²) in [6.45, 7) is 6.91. The molecule has 0 aliphatic rings. The summed E-state index contributed by atoms with van der Waals surface area (Å²) in [5.41, 5.74) is -0.245. The van der Waals surface area contributed by atoms with Gasteiger partial charge in [-0.3, -0.25) is 0 Å². The number of hydrogen-bond acceptors (Lipinski definition) is 4. The van der Waals surface area contributed by atoms with E-state index < -0.39 is 0 Å². The van der Waals surface area contributed by atoms with Crippen molar-refractivity contribution in [3.8, 4) is 0 Å². The number of rotatable bonds is 8. The van der Waals surface area contributed by atoms with Crippen molar-refractivity contribution < 1.29 is 19.0 Å². The second kappa shape index (κ2) is 7.65. The van der Waals surface area contributed by atoms with Crippen molar-refractivity contribution in [2.45, 2.75) is 39.2 Å². The zero-order valence-electron chi connectivity index (χ0n) is 10.2. The first-order chi connectivity index (χ1) is 7.02. The van der Waals surface area contributed by atoms with Crippen LogP contribution in [0.3, 0.4) is 0 Å². The lowest BCUT2D eigenvalue weighted by atomic mass is 10.1. The van der Waals surface area contributed by atoms with Crippen LogP contribution in [-0.2, 0) is 19.0 Å². The van der Waals surface area contributed by atoms with Gasteiger partial charge in [0.15, 0.2) is 0 Å². The van der Waals surface area contributed by atoms with Crippen molar-refractivity contribution in [3.05, 3.63) is 0 Å². The van der Waals surface area contributed by atoms with Crippen LogP contribution in [0.25, 0.3) is 0 Å². The van der Waals surface area contributed by atoms with Gasteiger partial charge in [-0.1, -0.05) is 6.92 Å². The molecule has 15 heavy (non-hydrogen) atoms. The lowest BCUT2D eigenvalue weighted by molar-refractivity contribution is -0.150. The van der Waals surface area contributed by atoms with Gasteiger partial charge in [-0.2, -0.15) is 0 Å². The van der Waals surface area contributed by atoms with E-state index in [4.69, 9.17) is 14.2 Å². The van der Waals surface area contributed by atoms with Gasteiger partial charge in [-0.25, -0.2) is 4.79 Å². The van der Waals surface area contributed by atoms with E-state index >= 15 is 0 Å². The maximum atomic E-state index is 11.1. The van der Waals surface area contributed by atoms with Gasteiger partial charge in [0.05, 0.1) is 12.2 Å². The Balaban J connectivity index is 3.46. The summed E-state index contributed by atoms with van der Waals surface area (Å²) in [7, 11) is 1.65. The molecule has 4 nitrogen and oxygen atoms in total. The Labute approximate surface area is 91.9 Å². The predicted molar refractivity (Wildman–Crippen MR) is 57.8 cm³/mol. The number of methoxy groups -OCH3 is 1. The summed E-state index contributed by atoms with van der Waals surface area (Å²) in [6, 6.07) is 0. The van der Waals surface area contributed by atoms with Crippen LogP contribution < -0.4 is 0 Å². The molecular weight excluding hydrogens is 196 g/mol. The van der Waals surface area contributed by atoms with E-state index in [1.807, 2.05) is 20.8 Å². The minimum atomic E-state index is -0.310. The van der Waals surface area contributed by atoms with Gasteiger partial charge in [0.2, 0.25) is 0 Å². The Morgan fingerprint density at radius 3 is 2.47 bits per heavy atom. The van der Waals surface area contributed by atoms with Crippen LogP contribution in [0, 0.1) is 0 Å². The van der Waals surface area contributed by atoms with Crippen LogP contribution in [-0.4, -0.2) is 38.5 Å². The maximum Gasteiger partial charge on any atom is 0.332 e. The standard InChI is InChI=1S/C11H22O4/c1-5-7-14-9-10(12)15-8-6-11(2,3)13-4/h5-9H2,1-4H3. The predicted octanol–water partition coefficient (Wildman–Crippen LogP) is 1.77. The fourth-order valence-corrected chi connectivity index (χ4v) is 0.854. The van der Waals surface area contributed by atoms with Crippen molar-refractivity contribution in [1.82, 2.24) is 0 Å². The van der Waals surface area contributed by atoms with E-state index in [9.17, 15) is 4.79 Å². The number of hydrogen-bond donors (Lipinski definition) is 0. The summed E-state index contributed by atoms with van der Waals surface area (Å²) in [6.07, 6.45) is 1.59. The largest absolute Gasteiger partial charge is 0.464 e. The van der Waals surface area contributed by atoms with E-state index in [1.165, 1.54) is 0 Å². The van der Waals surface area contributed by atoms with Crippen molar-refractivity contribution in [1.29, 1.82) is 0 Å². The molecule has 0 saturated carbocycles. The highest BCUT2D eigenvalue weighted by atomic mass is 16.6. The van der Waals surface area contributed by atoms with E-state index in [1.54, 1.807) is 7.11 Å². The third-order valence-corrected chi connectivity index (χ3v) is 2.09. The SMILES string of the molecule is CCCOCC(=O)OCCC(C)(C)OC. The van der Waals surface area contributed by atoms with Crippen LogP contribution in [0.4, 0.5) is 0 Å². The average Bonchev–Trinajstić information content (AvgIpc) is 2.18. The zero-order valence-corrected chi connectivity index (χ0v) is 10.2. The molecule has 0 rings (SSSR count). The molecular formula is C11H22O4. The quantitative estimate of drug-likeness (QED) is 0.460. The number of ether oxygens (including phenoxy) is 3. The van der Waals surface area contributed by atoms with E-state index in [-0.39, 0.29) is 18.2 Å². The third kappa shape index (κ3) is 8.39. The Morgan fingerprint density at radius 1 is 1.27 bits per heavy atom. The van der Waals surface area contributed by atoms with Crippen molar-refractivity contribution >= 4 is 5.97 Å². The second-order valence-corrected chi connectivity index (χ2v) is 3.99. The van der Waals surface area contributed by atoms with Gasteiger partial charge in [0.1, 0.15) is 6.61 Å². The van der Waals surface area contributed by atoms with Crippen LogP contribution in [0.5, 0.6) is 0 Å². The van der Waals surface area contributed by atoms with E-state index in [2.05, 4.69) is 0 Å². The molecule has 0 radical (unpaired) electrons. The molecule has 90 valence electrons. The van der Waals surface area contributed by atoms with E-state index in [0.29, 0.717) is 19.6 Å². The van der Waals surface area contributed by atoms with Gasteiger partial charge in [-0.15, -0.1) is 0 Å². The fraction of sp³-hybridized carbons (Fsp3) is 0.909. The molecule has 0 aromatic rings. The summed E-state index contributed by atoms with van der Waals surface area (Å²) in [5, 5.41) is 0. The van der Waals surface area contributed by atoms with Crippen LogP contribution in [0.15, 0.2) is 0 Å². The van der Waals surface area contributed by atoms with Crippen molar-refractivity contribution in [2.24, 2.45) is 0 Å². The van der Waals surface area contributed by atoms with Crippen LogP contribution in [0.1, 0.15) is 33.6 Å². The molecule has 0 atom stereocenters. The number of carbonyl (C=O) groups excluding carboxylic acids is 1. The van der Waals surface area contributed by atoms with E-state index in [0.717, 1.165) is 6.42 Å². The molecule has 0 fully saturated rings. The normalized spacial score (nSPS) is 11.5. The molecule has 4 heteroatoms. The molecule has 0 aliphatic heterocycles. The molecule has 0 spiro atoms. The molecule has 0 bridgehead atoms. The van der Waals surface area contributed by atoms with Gasteiger partial charge in [-0.05, 0) is 20.3 Å². The van der Waals surface area contributed by atoms with Gasteiger partial charge in [0.25, 0.3) is 0 Å². The molecule has 0 heterocycles. The second-order valence-electron chi connectivity index (χ2n) is 3.99. The number of carbonyl (C=O) groups is 1. The van der Waals surface area contributed by atoms with Gasteiger partial charge < -0.3 is 14.2 Å². The Morgan fingerprint density at radius 2 is 1.93 bits per heavy atom. The van der Waals surface area contributed by atoms with Crippen molar-refractivity contribution in [3.63, 3.8) is 0 Å². The fourth-order valence-electron chi connectivity index (χ4n) is 0.854. The first-order valence-corrected chi connectivity index (χ1v) is 5.30. The highest BCUT2D eigenvalue weighted by Crippen LogP contribution is 2.12. The Kier molecular flexibility index (Phi) is 7.34. The average molecular weight is 218 g/mol. The molecule has 0 amide bonds. The van der Waals surface area contributed by atoms with Crippen molar-refractivity contribution in [2.75, 3.05) is 26.9 Å². The summed E-state index contributed by atoms with van der Waals surface area (Å²) >= 11 is 0. The Bertz CT molecular complexity index is 177. The molecule has 0 N–H and O–H groups in total. The zero-order chi connectivity index (χ0) is 11.7. The first kappa shape index (κ1) is 14.4. The van der Waals surface area contributed by atoms with Gasteiger partial charge in [0, 0.05) is 20.1 Å². The maximum absolute atomic E-state index is 11.1. The minimum absolute atomic E-state index is 0.0429. The molecule has 0 aromatic carbocycles. The molecule has 0 unspecified atom stereocenters. The monoisotopic (exact) mass is 218 g/mol. The third-order valence-electron chi connectivity index (χ3n) is 2.09. The van der Waals surface area contributed by atoms with Gasteiger partial charge >= 0.3 is 5.97 Å². The highest BCUT2D eigenvalue weighted by Gasteiger charge is 2.16. The minimum Gasteiger partial charge on any atom is -0.464 e. The Hall–Kier alpha value is -0.610. The smallest absolute Gasteiger partial charge is 0.332 e. The summed E-state index contributed by atoms with van der Waals surface area (Å²) in [4.78, 5) is 11.1. The number of esters is 1. The topological polar surface area (TPSA) is 44.8 Å². The van der Waals surface area contributed by atoms with Crippen LogP contribution >= 0.6 is 0 Å². The molecule has 0 aromatic heterocycles. The lowest BCUT2D eigenvalue weighted by Crippen LogP contribution is -2.25. The first-order valence-electron chi connectivity index (χ1n) is 5.30.